The Bertz CT molecular complexity index is 1290. The maximum Gasteiger partial charge on any atom is 0.266 e. The Morgan fingerprint density at radius 3 is 2.62 bits per heavy atom. The molecule has 1 amide bonds. The summed E-state index contributed by atoms with van der Waals surface area (Å²) in [6.07, 6.45) is 7.73. The van der Waals surface area contributed by atoms with Crippen LogP contribution in [0.3, 0.4) is 0 Å². The second-order valence-electron chi connectivity index (χ2n) is 8.19. The number of unbranched alkanes of at least 4 members (excludes halogenated alkanes) is 1. The molecule has 0 radical (unpaired) electrons. The fourth-order valence-corrected chi connectivity index (χ4v) is 6.02. The highest BCUT2D eigenvalue weighted by Crippen LogP contribution is 2.36. The van der Waals surface area contributed by atoms with E-state index < -0.39 is 0 Å². The fourth-order valence-electron chi connectivity index (χ4n) is 3.85. The highest BCUT2D eigenvalue weighted by atomic mass is 32.2. The van der Waals surface area contributed by atoms with Crippen LogP contribution in [0.2, 0.25) is 0 Å². The molecule has 0 spiro atoms. The van der Waals surface area contributed by atoms with Crippen LogP contribution >= 0.6 is 35.7 Å². The first-order valence-corrected chi connectivity index (χ1v) is 13.6. The normalized spacial score (nSPS) is 16.1. The van der Waals surface area contributed by atoms with Crippen molar-refractivity contribution in [1.82, 2.24) is 14.3 Å². The van der Waals surface area contributed by atoms with Crippen LogP contribution in [0.25, 0.3) is 11.7 Å². The minimum absolute atomic E-state index is 0.127. The zero-order valence-corrected chi connectivity index (χ0v) is 21.7. The Labute approximate surface area is 213 Å². The molecule has 1 fully saturated rings. The van der Waals surface area contributed by atoms with E-state index in [9.17, 15) is 9.59 Å². The van der Waals surface area contributed by atoms with Gasteiger partial charge in [-0.05, 0) is 42.7 Å². The summed E-state index contributed by atoms with van der Waals surface area (Å²) in [5.41, 5.74) is 0.761. The van der Waals surface area contributed by atoms with E-state index in [4.69, 9.17) is 17.2 Å². The van der Waals surface area contributed by atoms with Gasteiger partial charge in [-0.3, -0.25) is 18.9 Å². The molecular formula is C26H27N3O2S3. The number of carbonyl (C=O) groups is 1. The monoisotopic (exact) mass is 509 g/mol. The van der Waals surface area contributed by atoms with E-state index in [1.54, 1.807) is 29.3 Å². The van der Waals surface area contributed by atoms with Crippen molar-refractivity contribution in [3.8, 4) is 0 Å². The van der Waals surface area contributed by atoms with E-state index in [0.717, 1.165) is 30.6 Å². The molecule has 0 saturated carbocycles. The number of hydrogen-bond donors (Lipinski definition) is 0. The van der Waals surface area contributed by atoms with Gasteiger partial charge in [-0.2, -0.15) is 0 Å². The van der Waals surface area contributed by atoms with Crippen molar-refractivity contribution in [3.05, 3.63) is 75.6 Å². The largest absolute Gasteiger partial charge is 0.293 e. The predicted molar refractivity (Wildman–Crippen MR) is 145 cm³/mol. The molecule has 1 aliphatic heterocycles. The molecule has 1 saturated heterocycles. The van der Waals surface area contributed by atoms with E-state index in [0.29, 0.717) is 37.9 Å². The molecule has 0 aliphatic carbocycles. The number of rotatable bonds is 9. The van der Waals surface area contributed by atoms with Gasteiger partial charge in [0.25, 0.3) is 11.5 Å². The van der Waals surface area contributed by atoms with Gasteiger partial charge < -0.3 is 0 Å². The first kappa shape index (κ1) is 24.7. The van der Waals surface area contributed by atoms with E-state index in [1.807, 2.05) is 36.4 Å². The molecule has 8 heteroatoms. The average Bonchev–Trinajstić information content (AvgIpc) is 3.11. The molecule has 0 unspecified atom stereocenters. The Hall–Kier alpha value is -2.42. The minimum atomic E-state index is -0.205. The van der Waals surface area contributed by atoms with Gasteiger partial charge in [0, 0.05) is 17.6 Å². The van der Waals surface area contributed by atoms with Crippen LogP contribution in [0.1, 0.15) is 45.1 Å². The lowest BCUT2D eigenvalue weighted by molar-refractivity contribution is -0.122. The average molecular weight is 510 g/mol. The molecule has 0 N–H and O–H groups in total. The predicted octanol–water partition coefficient (Wildman–Crippen LogP) is 6.26. The number of hydrogen-bond acceptors (Lipinski definition) is 6. The SMILES string of the molecule is CCCC[C@@H](CC)CN1C(=O)/C(=C/c2c(Sc3ccccc3)nc3ccccn3c2=O)SC1=S. The molecule has 4 rings (SSSR count). The molecule has 1 aliphatic rings. The Morgan fingerprint density at radius 2 is 1.88 bits per heavy atom. The van der Waals surface area contributed by atoms with Gasteiger partial charge in [0.15, 0.2) is 0 Å². The molecule has 176 valence electrons. The highest BCUT2D eigenvalue weighted by molar-refractivity contribution is 8.26. The highest BCUT2D eigenvalue weighted by Gasteiger charge is 2.33. The van der Waals surface area contributed by atoms with E-state index in [1.165, 1.54) is 27.9 Å². The van der Waals surface area contributed by atoms with Crippen molar-refractivity contribution in [3.63, 3.8) is 0 Å². The van der Waals surface area contributed by atoms with Crippen LogP contribution in [0.15, 0.2) is 74.3 Å². The second kappa shape index (κ2) is 11.3. The number of aromatic nitrogens is 2. The summed E-state index contributed by atoms with van der Waals surface area (Å²) in [6, 6.07) is 15.3. The Kier molecular flexibility index (Phi) is 8.24. The summed E-state index contributed by atoms with van der Waals surface area (Å²) < 4.78 is 2.07. The standard InChI is InChI=1S/C26H27N3O2S3/c1-3-5-11-18(4-2)17-29-25(31)21(34-26(29)32)16-20-23(33-19-12-7-6-8-13-19)27-22-14-9-10-15-28(22)24(20)30/h6-10,12-16,18H,3-5,11,17H2,1-2H3/b21-16-/t18-/m1/s1. The van der Waals surface area contributed by atoms with Crippen molar-refractivity contribution in [1.29, 1.82) is 0 Å². The number of pyridine rings is 1. The molecule has 1 atom stereocenters. The zero-order valence-electron chi connectivity index (χ0n) is 19.3. The van der Waals surface area contributed by atoms with Crippen LogP contribution in [-0.2, 0) is 4.79 Å². The first-order valence-electron chi connectivity index (χ1n) is 11.5. The van der Waals surface area contributed by atoms with Crippen molar-refractivity contribution in [2.75, 3.05) is 6.54 Å². The number of benzene rings is 1. The van der Waals surface area contributed by atoms with E-state index in [2.05, 4.69) is 13.8 Å². The lowest BCUT2D eigenvalue weighted by Crippen LogP contribution is -2.33. The van der Waals surface area contributed by atoms with Crippen LogP contribution < -0.4 is 5.56 Å². The third kappa shape index (κ3) is 5.45. The van der Waals surface area contributed by atoms with Gasteiger partial charge >= 0.3 is 0 Å². The third-order valence-electron chi connectivity index (χ3n) is 5.82. The summed E-state index contributed by atoms with van der Waals surface area (Å²) in [4.78, 5) is 34.6. The molecule has 1 aromatic carbocycles. The Morgan fingerprint density at radius 1 is 1.12 bits per heavy atom. The zero-order chi connectivity index (χ0) is 24.1. The van der Waals surface area contributed by atoms with E-state index >= 15 is 0 Å². The number of carbonyl (C=O) groups excluding carboxylic acids is 1. The number of fused-ring (bicyclic) bond motifs is 1. The lowest BCUT2D eigenvalue weighted by atomic mass is 9.99. The fraction of sp³-hybridized carbons (Fsp3) is 0.308. The molecule has 0 bridgehead atoms. The number of amides is 1. The molecule has 3 aromatic rings. The topological polar surface area (TPSA) is 54.7 Å². The van der Waals surface area contributed by atoms with Crippen LogP contribution in [0.4, 0.5) is 0 Å². The van der Waals surface area contributed by atoms with Gasteiger partial charge in [0.2, 0.25) is 0 Å². The van der Waals surface area contributed by atoms with Crippen molar-refractivity contribution < 1.29 is 4.79 Å². The summed E-state index contributed by atoms with van der Waals surface area (Å²) in [5, 5.41) is 0.571. The molecule has 34 heavy (non-hydrogen) atoms. The first-order chi connectivity index (χ1) is 16.5. The maximum absolute atomic E-state index is 13.4. The minimum Gasteiger partial charge on any atom is -0.293 e. The number of thiocarbonyl (C=S) groups is 1. The van der Waals surface area contributed by atoms with Crippen LogP contribution in [-0.4, -0.2) is 31.1 Å². The molecular weight excluding hydrogens is 483 g/mol. The van der Waals surface area contributed by atoms with Gasteiger partial charge in [0.05, 0.1) is 10.5 Å². The summed E-state index contributed by atoms with van der Waals surface area (Å²) in [7, 11) is 0. The van der Waals surface area contributed by atoms with Gasteiger partial charge in [-0.1, -0.05) is 93.1 Å². The van der Waals surface area contributed by atoms with E-state index in [-0.39, 0.29) is 11.5 Å². The van der Waals surface area contributed by atoms with Gasteiger partial charge in [0.1, 0.15) is 15.0 Å². The van der Waals surface area contributed by atoms with Crippen molar-refractivity contribution in [2.45, 2.75) is 49.5 Å². The summed E-state index contributed by atoms with van der Waals surface area (Å²) in [6.45, 7) is 4.96. The van der Waals surface area contributed by atoms with Crippen LogP contribution in [0.5, 0.6) is 0 Å². The molecule has 3 heterocycles. The van der Waals surface area contributed by atoms with Crippen molar-refractivity contribution in [2.24, 2.45) is 5.92 Å². The quantitative estimate of drug-likeness (QED) is 0.193. The third-order valence-corrected chi connectivity index (χ3v) is 8.22. The smallest absolute Gasteiger partial charge is 0.266 e. The maximum atomic E-state index is 13.4. The molecule has 5 nitrogen and oxygen atoms in total. The Balaban J connectivity index is 1.71. The van der Waals surface area contributed by atoms with Crippen molar-refractivity contribution >= 4 is 57.7 Å². The number of thioether (sulfide) groups is 1. The van der Waals surface area contributed by atoms with Gasteiger partial charge in [-0.25, -0.2) is 4.98 Å². The van der Waals surface area contributed by atoms with Gasteiger partial charge in [-0.15, -0.1) is 0 Å². The number of nitrogens with zero attached hydrogens (tertiary/aromatic N) is 3. The second-order valence-corrected chi connectivity index (χ2v) is 10.9. The summed E-state index contributed by atoms with van der Waals surface area (Å²) >= 11 is 8.24. The van der Waals surface area contributed by atoms with Crippen LogP contribution in [0, 0.1) is 5.92 Å². The summed E-state index contributed by atoms with van der Waals surface area (Å²) in [5.74, 6) is 0.289. The lowest BCUT2D eigenvalue weighted by Gasteiger charge is -2.21. The molecule has 2 aromatic heterocycles.